The number of nitrogen functional groups attached to an aromatic ring is 1. The molecular weight excluding hydrogens is 132 g/mol. The molecule has 0 radical (unpaired) electrons. The number of hydrogen-bond donors (Lipinski definition) is 2. The predicted molar refractivity (Wildman–Crippen MR) is 38.9 cm³/mol. The molecule has 1 rings (SSSR count). The fourth-order valence-corrected chi connectivity index (χ4v) is 0.486. The van der Waals surface area contributed by atoms with Crippen molar-refractivity contribution < 1.29 is 0 Å². The lowest BCUT2D eigenvalue weighted by Crippen LogP contribution is -2.21. The maximum Gasteiger partial charge on any atom is 0.348 e. The molecule has 0 bridgehead atoms. The van der Waals surface area contributed by atoms with Gasteiger partial charge in [-0.1, -0.05) is 0 Å². The van der Waals surface area contributed by atoms with Gasteiger partial charge in [0, 0.05) is 13.2 Å². The summed E-state index contributed by atoms with van der Waals surface area (Å²) in [7, 11) is 1.57. The van der Waals surface area contributed by atoms with E-state index in [0.717, 1.165) is 0 Å². The maximum absolute atomic E-state index is 10.6. The van der Waals surface area contributed by atoms with Crippen molar-refractivity contribution >= 4 is 5.82 Å². The van der Waals surface area contributed by atoms with Crippen LogP contribution < -0.4 is 17.6 Å². The zero-order valence-electron chi connectivity index (χ0n) is 5.74. The first-order chi connectivity index (χ1) is 4.22. The van der Waals surface area contributed by atoms with E-state index in [0.29, 0.717) is 5.82 Å². The second kappa shape index (κ2) is 2.98. The van der Waals surface area contributed by atoms with Gasteiger partial charge in [0.05, 0.1) is 0 Å². The smallest absolute Gasteiger partial charge is 0.348 e. The molecule has 0 unspecified atom stereocenters. The molecule has 5 heteroatoms. The van der Waals surface area contributed by atoms with Crippen LogP contribution in [0.3, 0.4) is 0 Å². The molecule has 1 aromatic rings. The number of rotatable bonds is 0. The SMILES string of the molecule is Cn1c(N)ccnc1=O.N. The monoisotopic (exact) mass is 142 g/mol. The van der Waals surface area contributed by atoms with E-state index < -0.39 is 0 Å². The van der Waals surface area contributed by atoms with Crippen molar-refractivity contribution in [2.75, 3.05) is 5.73 Å². The van der Waals surface area contributed by atoms with E-state index in [1.807, 2.05) is 0 Å². The molecule has 0 spiro atoms. The van der Waals surface area contributed by atoms with Crippen LogP contribution in [0.2, 0.25) is 0 Å². The lowest BCUT2D eigenvalue weighted by atomic mass is 10.6. The minimum absolute atomic E-state index is 0. The van der Waals surface area contributed by atoms with Gasteiger partial charge in [0.25, 0.3) is 0 Å². The summed E-state index contributed by atoms with van der Waals surface area (Å²) in [5.41, 5.74) is 5.02. The van der Waals surface area contributed by atoms with Gasteiger partial charge in [-0.3, -0.25) is 4.57 Å². The average molecular weight is 142 g/mol. The molecule has 1 aromatic heterocycles. The molecule has 0 aliphatic heterocycles. The Hall–Kier alpha value is -1.36. The Labute approximate surface area is 58.1 Å². The van der Waals surface area contributed by atoms with Crippen molar-refractivity contribution in [3.05, 3.63) is 22.7 Å². The van der Waals surface area contributed by atoms with Crippen molar-refractivity contribution in [3.8, 4) is 0 Å². The van der Waals surface area contributed by atoms with Gasteiger partial charge < -0.3 is 11.9 Å². The Balaban J connectivity index is 0.000000810. The highest BCUT2D eigenvalue weighted by atomic mass is 16.1. The van der Waals surface area contributed by atoms with Gasteiger partial charge in [0.2, 0.25) is 0 Å². The molecule has 0 fully saturated rings. The van der Waals surface area contributed by atoms with E-state index in [1.165, 1.54) is 10.8 Å². The standard InChI is InChI=1S/C5H7N3O.H3N/c1-8-4(6)2-3-7-5(8)9;/h2-3H,6H2,1H3;1H3. The van der Waals surface area contributed by atoms with E-state index in [1.54, 1.807) is 13.1 Å². The summed E-state index contributed by atoms with van der Waals surface area (Å²) in [4.78, 5) is 14.1. The summed E-state index contributed by atoms with van der Waals surface area (Å²) in [6.45, 7) is 0. The molecule has 0 aliphatic rings. The molecule has 5 N–H and O–H groups in total. The van der Waals surface area contributed by atoms with Crippen LogP contribution in [0.15, 0.2) is 17.1 Å². The second-order valence-corrected chi connectivity index (χ2v) is 1.71. The van der Waals surface area contributed by atoms with Crippen LogP contribution in [0.1, 0.15) is 0 Å². The molecule has 5 nitrogen and oxygen atoms in total. The van der Waals surface area contributed by atoms with Crippen LogP contribution in [-0.2, 0) is 7.05 Å². The van der Waals surface area contributed by atoms with Crippen LogP contribution in [0.25, 0.3) is 0 Å². The first kappa shape index (κ1) is 8.64. The summed E-state index contributed by atoms with van der Waals surface area (Å²) in [6, 6.07) is 1.57. The Kier molecular flexibility index (Phi) is 2.57. The zero-order valence-corrected chi connectivity index (χ0v) is 5.74. The summed E-state index contributed by atoms with van der Waals surface area (Å²) in [5, 5.41) is 0. The number of nitrogens with zero attached hydrogens (tertiary/aromatic N) is 2. The van der Waals surface area contributed by atoms with E-state index in [-0.39, 0.29) is 11.8 Å². The van der Waals surface area contributed by atoms with Gasteiger partial charge in [0.15, 0.2) is 0 Å². The zero-order chi connectivity index (χ0) is 6.85. The number of aromatic nitrogens is 2. The number of hydrogen-bond acceptors (Lipinski definition) is 4. The molecule has 56 valence electrons. The number of nitrogens with two attached hydrogens (primary N) is 1. The molecule has 0 amide bonds. The predicted octanol–water partition coefficient (Wildman–Crippen LogP) is -0.476. The Morgan fingerprint density at radius 1 is 1.70 bits per heavy atom. The molecular formula is C5H10N4O. The van der Waals surface area contributed by atoms with Crippen LogP contribution in [0.5, 0.6) is 0 Å². The lowest BCUT2D eigenvalue weighted by Gasteiger charge is -1.97. The summed E-state index contributed by atoms with van der Waals surface area (Å²) in [5.74, 6) is 0.426. The second-order valence-electron chi connectivity index (χ2n) is 1.71. The third-order valence-corrected chi connectivity index (χ3v) is 1.10. The highest BCUT2D eigenvalue weighted by Gasteiger charge is 1.90. The van der Waals surface area contributed by atoms with Gasteiger partial charge in [-0.2, -0.15) is 0 Å². The largest absolute Gasteiger partial charge is 0.385 e. The van der Waals surface area contributed by atoms with Crippen LogP contribution in [0, 0.1) is 0 Å². The Morgan fingerprint density at radius 2 is 2.30 bits per heavy atom. The highest BCUT2D eigenvalue weighted by molar-refractivity contribution is 5.25. The van der Waals surface area contributed by atoms with Crippen LogP contribution in [-0.4, -0.2) is 9.55 Å². The quantitative estimate of drug-likeness (QED) is 0.511. The van der Waals surface area contributed by atoms with Crippen molar-refractivity contribution in [1.82, 2.24) is 15.7 Å². The van der Waals surface area contributed by atoms with Crippen molar-refractivity contribution in [2.24, 2.45) is 7.05 Å². The Bertz CT molecular complexity index is 267. The first-order valence-electron chi connectivity index (χ1n) is 2.49. The molecule has 0 saturated carbocycles. The van der Waals surface area contributed by atoms with Gasteiger partial charge in [-0.05, 0) is 6.07 Å². The molecule has 1 heterocycles. The highest BCUT2D eigenvalue weighted by Crippen LogP contribution is 1.89. The minimum Gasteiger partial charge on any atom is -0.385 e. The molecule has 0 aromatic carbocycles. The molecule has 10 heavy (non-hydrogen) atoms. The van der Waals surface area contributed by atoms with E-state index in [4.69, 9.17) is 5.73 Å². The summed E-state index contributed by atoms with van der Waals surface area (Å²) in [6.07, 6.45) is 1.39. The maximum atomic E-state index is 10.6. The fraction of sp³-hybridized carbons (Fsp3) is 0.200. The Morgan fingerprint density at radius 3 is 2.70 bits per heavy atom. The molecule has 0 aliphatic carbocycles. The van der Waals surface area contributed by atoms with Crippen molar-refractivity contribution in [1.29, 1.82) is 0 Å². The summed E-state index contributed by atoms with van der Waals surface area (Å²) >= 11 is 0. The van der Waals surface area contributed by atoms with Crippen molar-refractivity contribution in [2.45, 2.75) is 0 Å². The van der Waals surface area contributed by atoms with E-state index >= 15 is 0 Å². The third kappa shape index (κ3) is 1.32. The van der Waals surface area contributed by atoms with Gasteiger partial charge in [-0.15, -0.1) is 0 Å². The van der Waals surface area contributed by atoms with E-state index in [9.17, 15) is 4.79 Å². The topological polar surface area (TPSA) is 95.9 Å². The van der Waals surface area contributed by atoms with Crippen LogP contribution >= 0.6 is 0 Å². The van der Waals surface area contributed by atoms with Gasteiger partial charge in [0.1, 0.15) is 5.82 Å². The minimum atomic E-state index is -0.324. The van der Waals surface area contributed by atoms with E-state index in [2.05, 4.69) is 4.98 Å². The number of anilines is 1. The third-order valence-electron chi connectivity index (χ3n) is 1.10. The van der Waals surface area contributed by atoms with Crippen LogP contribution in [0.4, 0.5) is 5.82 Å². The summed E-state index contributed by atoms with van der Waals surface area (Å²) < 4.78 is 1.28. The molecule has 0 atom stereocenters. The van der Waals surface area contributed by atoms with Crippen molar-refractivity contribution in [3.63, 3.8) is 0 Å². The van der Waals surface area contributed by atoms with Gasteiger partial charge >= 0.3 is 5.69 Å². The van der Waals surface area contributed by atoms with Gasteiger partial charge in [-0.25, -0.2) is 9.78 Å². The fourth-order valence-electron chi connectivity index (χ4n) is 0.486. The normalized spacial score (nSPS) is 8.50. The molecule has 0 saturated heterocycles. The first-order valence-corrected chi connectivity index (χ1v) is 2.49. The average Bonchev–Trinajstić information content (AvgIpc) is 1.83. The lowest BCUT2D eigenvalue weighted by molar-refractivity contribution is 0.824.